The summed E-state index contributed by atoms with van der Waals surface area (Å²) in [5.41, 5.74) is 0. The van der Waals surface area contributed by atoms with E-state index in [9.17, 15) is 9.59 Å². The molecule has 2 N–H and O–H groups in total. The van der Waals surface area contributed by atoms with Gasteiger partial charge in [0.15, 0.2) is 0 Å². The van der Waals surface area contributed by atoms with Crippen molar-refractivity contribution in [3.05, 3.63) is 12.7 Å². The number of hydrogen-bond donors (Lipinski definition) is 2. The third-order valence-corrected chi connectivity index (χ3v) is 2.43. The largest absolute Gasteiger partial charge is 0.346 e. The maximum atomic E-state index is 11.9. The topological polar surface area (TPSA) is 58.2 Å². The second kappa shape index (κ2) is 10.0. The molecule has 0 aromatic carbocycles. The third-order valence-electron chi connectivity index (χ3n) is 2.43. The highest BCUT2D eigenvalue weighted by Gasteiger charge is 2.23. The van der Waals surface area contributed by atoms with Crippen molar-refractivity contribution in [2.75, 3.05) is 13.1 Å². The lowest BCUT2D eigenvalue weighted by molar-refractivity contribution is -0.139. The molecule has 0 saturated carbocycles. The normalized spacial score (nSPS) is 11.9. The van der Waals surface area contributed by atoms with E-state index in [1.807, 2.05) is 6.92 Å². The fourth-order valence-corrected chi connectivity index (χ4v) is 1.46. The molecule has 0 radical (unpaired) electrons. The zero-order valence-electron chi connectivity index (χ0n) is 10.9. The van der Waals surface area contributed by atoms with E-state index >= 15 is 0 Å². The Hall–Kier alpha value is -1.16. The molecule has 0 rings (SSSR count). The second-order valence-electron chi connectivity index (χ2n) is 4.01. The van der Waals surface area contributed by atoms with Gasteiger partial charge in [0.25, 0.3) is 5.91 Å². The van der Waals surface area contributed by atoms with Gasteiger partial charge in [0, 0.05) is 6.54 Å². The van der Waals surface area contributed by atoms with Gasteiger partial charge in [0.2, 0.25) is 5.78 Å². The number of rotatable bonds is 10. The number of Topliss-reactive ketones (excluding diaryl/α,β-unsaturated/α-hetero) is 1. The van der Waals surface area contributed by atoms with Crippen LogP contribution in [0.2, 0.25) is 0 Å². The van der Waals surface area contributed by atoms with E-state index in [4.69, 9.17) is 0 Å². The quantitative estimate of drug-likeness (QED) is 0.448. The Balaban J connectivity index is 4.27. The molecule has 0 fully saturated rings. The van der Waals surface area contributed by atoms with Crippen LogP contribution >= 0.6 is 0 Å². The Morgan fingerprint density at radius 2 is 2.00 bits per heavy atom. The summed E-state index contributed by atoms with van der Waals surface area (Å²) in [6.07, 6.45) is 5.19. The van der Waals surface area contributed by atoms with E-state index in [0.717, 1.165) is 32.2 Å². The molecule has 1 amide bonds. The third kappa shape index (κ3) is 6.89. The first kappa shape index (κ1) is 15.8. The highest BCUT2D eigenvalue weighted by Crippen LogP contribution is 2.02. The van der Waals surface area contributed by atoms with E-state index in [-0.39, 0.29) is 11.8 Å². The second-order valence-corrected chi connectivity index (χ2v) is 4.01. The molecule has 1 atom stereocenters. The molecule has 98 valence electrons. The van der Waals surface area contributed by atoms with Crippen molar-refractivity contribution < 1.29 is 9.59 Å². The van der Waals surface area contributed by atoms with Gasteiger partial charge in [-0.15, -0.1) is 6.58 Å². The molecular formula is C13H24N2O2. The first-order chi connectivity index (χ1) is 8.17. The smallest absolute Gasteiger partial charge is 0.289 e. The van der Waals surface area contributed by atoms with Crippen LogP contribution in [0.3, 0.4) is 0 Å². The fraction of sp³-hybridized carbons (Fsp3) is 0.692. The minimum absolute atomic E-state index is 0.332. The van der Waals surface area contributed by atoms with Crippen molar-refractivity contribution in [3.63, 3.8) is 0 Å². The Morgan fingerprint density at radius 3 is 2.53 bits per heavy atom. The number of ketones is 1. The van der Waals surface area contributed by atoms with Gasteiger partial charge in [-0.05, 0) is 19.4 Å². The zero-order valence-corrected chi connectivity index (χ0v) is 10.9. The lowest BCUT2D eigenvalue weighted by Gasteiger charge is -2.16. The molecule has 0 bridgehead atoms. The molecule has 4 nitrogen and oxygen atoms in total. The molecule has 0 aliphatic heterocycles. The molecule has 0 aromatic rings. The molecule has 4 heteroatoms. The van der Waals surface area contributed by atoms with E-state index in [2.05, 4.69) is 24.1 Å². The zero-order chi connectivity index (χ0) is 13.1. The van der Waals surface area contributed by atoms with Gasteiger partial charge in [0.1, 0.15) is 0 Å². The summed E-state index contributed by atoms with van der Waals surface area (Å²) in [5, 5.41) is 5.64. The number of unbranched alkanes of at least 4 members (excludes halogenated alkanes) is 1. The van der Waals surface area contributed by atoms with Gasteiger partial charge in [-0.3, -0.25) is 9.59 Å². The van der Waals surface area contributed by atoms with Crippen LogP contribution in [0, 0.1) is 0 Å². The molecular weight excluding hydrogens is 216 g/mol. The van der Waals surface area contributed by atoms with Crippen LogP contribution < -0.4 is 10.6 Å². The van der Waals surface area contributed by atoms with Crippen LogP contribution in [0.5, 0.6) is 0 Å². The van der Waals surface area contributed by atoms with Crippen LogP contribution in [0.1, 0.15) is 39.5 Å². The summed E-state index contributed by atoms with van der Waals surface area (Å²) >= 11 is 0. The maximum Gasteiger partial charge on any atom is 0.289 e. The van der Waals surface area contributed by atoms with Gasteiger partial charge in [-0.25, -0.2) is 0 Å². The first-order valence-corrected chi connectivity index (χ1v) is 6.33. The maximum absolute atomic E-state index is 11.9. The van der Waals surface area contributed by atoms with Gasteiger partial charge < -0.3 is 10.6 Å². The molecule has 17 heavy (non-hydrogen) atoms. The predicted molar refractivity (Wildman–Crippen MR) is 69.8 cm³/mol. The Labute approximate surface area is 104 Å². The molecule has 0 aromatic heterocycles. The van der Waals surface area contributed by atoms with E-state index in [1.54, 1.807) is 6.08 Å². The molecule has 0 heterocycles. The SMILES string of the molecule is C=CCNC(=O)C(=O)C(CCCC)NCCC. The van der Waals surface area contributed by atoms with Crippen LogP contribution in [0.25, 0.3) is 0 Å². The lowest BCUT2D eigenvalue weighted by Crippen LogP contribution is -2.45. The van der Waals surface area contributed by atoms with Gasteiger partial charge in [-0.1, -0.05) is 32.8 Å². The van der Waals surface area contributed by atoms with Crippen molar-refractivity contribution in [3.8, 4) is 0 Å². The number of carbonyl (C=O) groups excluding carboxylic acids is 2. The first-order valence-electron chi connectivity index (χ1n) is 6.33. The van der Waals surface area contributed by atoms with Crippen molar-refractivity contribution in [1.29, 1.82) is 0 Å². The van der Waals surface area contributed by atoms with Crippen LogP contribution in [-0.2, 0) is 9.59 Å². The van der Waals surface area contributed by atoms with Crippen LogP contribution in [0.15, 0.2) is 12.7 Å². The van der Waals surface area contributed by atoms with Crippen LogP contribution in [-0.4, -0.2) is 30.8 Å². The predicted octanol–water partition coefficient (Wildman–Crippen LogP) is 1.42. The molecule has 0 aliphatic rings. The lowest BCUT2D eigenvalue weighted by atomic mass is 10.0. The van der Waals surface area contributed by atoms with E-state index in [1.165, 1.54) is 0 Å². The number of hydrogen-bond acceptors (Lipinski definition) is 3. The fourth-order valence-electron chi connectivity index (χ4n) is 1.46. The molecule has 1 unspecified atom stereocenters. The molecule has 0 saturated heterocycles. The summed E-state index contributed by atoms with van der Waals surface area (Å²) in [6.45, 7) is 8.69. The minimum Gasteiger partial charge on any atom is -0.346 e. The van der Waals surface area contributed by atoms with Gasteiger partial charge in [-0.2, -0.15) is 0 Å². The highest BCUT2D eigenvalue weighted by atomic mass is 16.2. The average molecular weight is 240 g/mol. The Kier molecular flexibility index (Phi) is 9.34. The summed E-state index contributed by atoms with van der Waals surface area (Å²) in [5.74, 6) is -0.886. The number of carbonyl (C=O) groups is 2. The van der Waals surface area contributed by atoms with Crippen molar-refractivity contribution in [1.82, 2.24) is 10.6 Å². The van der Waals surface area contributed by atoms with E-state index < -0.39 is 5.91 Å². The molecule has 0 aliphatic carbocycles. The number of amides is 1. The van der Waals surface area contributed by atoms with E-state index in [0.29, 0.717) is 6.54 Å². The van der Waals surface area contributed by atoms with Crippen molar-refractivity contribution in [2.24, 2.45) is 0 Å². The summed E-state index contributed by atoms with van der Waals surface area (Å²) in [7, 11) is 0. The Morgan fingerprint density at radius 1 is 1.29 bits per heavy atom. The summed E-state index contributed by atoms with van der Waals surface area (Å²) in [4.78, 5) is 23.4. The highest BCUT2D eigenvalue weighted by molar-refractivity contribution is 6.38. The van der Waals surface area contributed by atoms with Gasteiger partial charge in [0.05, 0.1) is 6.04 Å². The average Bonchev–Trinajstić information content (AvgIpc) is 2.35. The molecule has 0 spiro atoms. The Bertz CT molecular complexity index is 244. The minimum atomic E-state index is -0.519. The standard InChI is InChI=1S/C13H24N2O2/c1-4-7-8-11(14-9-5-2)12(16)13(17)15-10-6-3/h6,11,14H,3-5,7-10H2,1-2H3,(H,15,17). The van der Waals surface area contributed by atoms with Crippen molar-refractivity contribution in [2.45, 2.75) is 45.6 Å². The summed E-state index contributed by atoms with van der Waals surface area (Å²) in [6, 6.07) is -0.347. The van der Waals surface area contributed by atoms with Crippen LogP contribution in [0.4, 0.5) is 0 Å². The summed E-state index contributed by atoms with van der Waals surface area (Å²) < 4.78 is 0. The number of nitrogens with one attached hydrogen (secondary N) is 2. The monoisotopic (exact) mass is 240 g/mol. The van der Waals surface area contributed by atoms with Gasteiger partial charge >= 0.3 is 0 Å². The van der Waals surface area contributed by atoms with Crippen molar-refractivity contribution >= 4 is 11.7 Å².